The number of carboxylic acid groups (broad SMARTS) is 1. The third kappa shape index (κ3) is 3.18. The van der Waals surface area contributed by atoms with Crippen molar-refractivity contribution in [1.82, 2.24) is 0 Å². The van der Waals surface area contributed by atoms with Gasteiger partial charge in [-0.3, -0.25) is 9.59 Å². The van der Waals surface area contributed by atoms with Gasteiger partial charge in [0.25, 0.3) is 0 Å². The molecule has 0 spiro atoms. The maximum atomic E-state index is 13.4. The van der Waals surface area contributed by atoms with Crippen LogP contribution >= 0.6 is 0 Å². The van der Waals surface area contributed by atoms with Gasteiger partial charge in [0.05, 0.1) is 12.2 Å². The van der Waals surface area contributed by atoms with Crippen LogP contribution in [-0.2, 0) is 9.59 Å². The van der Waals surface area contributed by atoms with Crippen LogP contribution in [0.5, 0.6) is 0 Å². The van der Waals surface area contributed by atoms with Crippen molar-refractivity contribution in [3.8, 4) is 0 Å². The van der Waals surface area contributed by atoms with Gasteiger partial charge >= 0.3 is 5.97 Å². The van der Waals surface area contributed by atoms with Crippen LogP contribution in [0.25, 0.3) is 0 Å². The molecule has 4 saturated carbocycles. The zero-order valence-electron chi connectivity index (χ0n) is 18.1. The van der Waals surface area contributed by atoms with Crippen molar-refractivity contribution >= 4 is 11.8 Å². The second kappa shape index (κ2) is 7.33. The molecule has 0 aliphatic heterocycles. The van der Waals surface area contributed by atoms with Crippen LogP contribution in [-0.4, -0.2) is 39.3 Å². The van der Waals surface area contributed by atoms with E-state index < -0.39 is 12.1 Å². The van der Waals surface area contributed by atoms with E-state index in [1.165, 1.54) is 0 Å². The van der Waals surface area contributed by atoms with Gasteiger partial charge in [0.1, 0.15) is 5.78 Å². The van der Waals surface area contributed by atoms with Gasteiger partial charge in [0.2, 0.25) is 0 Å². The Balaban J connectivity index is 1.62. The topological polar surface area (TPSA) is 94.8 Å². The highest BCUT2D eigenvalue weighted by Gasteiger charge is 2.65. The van der Waals surface area contributed by atoms with Crippen molar-refractivity contribution in [3.63, 3.8) is 0 Å². The number of rotatable bonds is 4. The van der Waals surface area contributed by atoms with Crippen molar-refractivity contribution in [3.05, 3.63) is 0 Å². The second-order valence-electron chi connectivity index (χ2n) is 11.3. The first-order valence-electron chi connectivity index (χ1n) is 11.7. The highest BCUT2D eigenvalue weighted by atomic mass is 16.4. The number of hydrogen-bond acceptors (Lipinski definition) is 4. The molecule has 0 radical (unpaired) electrons. The molecular weight excluding hydrogens is 368 g/mol. The maximum absolute atomic E-state index is 13.4. The third-order valence-electron chi connectivity index (χ3n) is 10.1. The Labute approximate surface area is 174 Å². The third-order valence-corrected chi connectivity index (χ3v) is 10.1. The number of aliphatic hydroxyl groups is 2. The number of Topliss-reactive ketones (excluding diaryl/α,β-unsaturated/α-hetero) is 1. The summed E-state index contributed by atoms with van der Waals surface area (Å²) in [5.41, 5.74) is -0.265. The summed E-state index contributed by atoms with van der Waals surface area (Å²) in [6.07, 6.45) is 5.74. The van der Waals surface area contributed by atoms with E-state index in [4.69, 9.17) is 5.11 Å². The fourth-order valence-electron chi connectivity index (χ4n) is 8.40. The summed E-state index contributed by atoms with van der Waals surface area (Å²) in [4.78, 5) is 24.4. The molecule has 0 heterocycles. The molecule has 5 heteroatoms. The first-order valence-corrected chi connectivity index (χ1v) is 11.7. The van der Waals surface area contributed by atoms with Gasteiger partial charge in [-0.15, -0.1) is 0 Å². The van der Waals surface area contributed by atoms with Gasteiger partial charge in [0.15, 0.2) is 0 Å². The van der Waals surface area contributed by atoms with Crippen LogP contribution in [0.4, 0.5) is 0 Å². The lowest BCUT2D eigenvalue weighted by molar-refractivity contribution is -0.182. The van der Waals surface area contributed by atoms with Crippen molar-refractivity contribution < 1.29 is 24.9 Å². The van der Waals surface area contributed by atoms with Gasteiger partial charge in [0, 0.05) is 24.2 Å². The molecule has 0 amide bonds. The van der Waals surface area contributed by atoms with Crippen molar-refractivity contribution in [2.75, 3.05) is 0 Å². The number of aliphatic hydroxyl groups excluding tert-OH is 2. The van der Waals surface area contributed by atoms with Crippen LogP contribution in [0, 0.1) is 46.3 Å². The SMILES string of the molecule is C[C@H](CCC(=O)O)[C@H]1CC[C@H]2[C@@H]3C(=O)CC4CC(O)CC[C@]4(C)C3CC(O)[C@]12C. The zero-order chi connectivity index (χ0) is 21.1. The number of carbonyl (C=O) groups is 2. The van der Waals surface area contributed by atoms with Crippen molar-refractivity contribution in [1.29, 1.82) is 0 Å². The number of fused-ring (bicyclic) bond motifs is 5. The predicted octanol–water partition coefficient (Wildman–Crippen LogP) is 3.66. The quantitative estimate of drug-likeness (QED) is 0.662. The molecule has 4 aliphatic carbocycles. The molecule has 10 atom stereocenters. The highest BCUT2D eigenvalue weighted by Crippen LogP contribution is 2.67. The van der Waals surface area contributed by atoms with E-state index in [9.17, 15) is 19.8 Å². The van der Waals surface area contributed by atoms with E-state index in [-0.39, 0.29) is 58.9 Å². The molecule has 29 heavy (non-hydrogen) atoms. The van der Waals surface area contributed by atoms with Crippen LogP contribution in [0.15, 0.2) is 0 Å². The Kier molecular flexibility index (Phi) is 5.39. The summed E-state index contributed by atoms with van der Waals surface area (Å²) < 4.78 is 0. The molecule has 164 valence electrons. The average Bonchev–Trinajstić information content (AvgIpc) is 3.01. The van der Waals surface area contributed by atoms with Gasteiger partial charge in [-0.1, -0.05) is 20.8 Å². The number of ketones is 1. The van der Waals surface area contributed by atoms with E-state index in [0.29, 0.717) is 25.0 Å². The van der Waals surface area contributed by atoms with Crippen LogP contribution in [0.2, 0.25) is 0 Å². The largest absolute Gasteiger partial charge is 0.481 e. The van der Waals surface area contributed by atoms with Crippen molar-refractivity contribution in [2.45, 2.75) is 90.8 Å². The minimum atomic E-state index is -0.762. The van der Waals surface area contributed by atoms with Gasteiger partial charge in [-0.05, 0) is 80.0 Å². The normalized spacial score (nSPS) is 50.4. The van der Waals surface area contributed by atoms with E-state index in [0.717, 1.165) is 32.1 Å². The lowest BCUT2D eigenvalue weighted by Crippen LogP contribution is -2.61. The Morgan fingerprint density at radius 3 is 2.55 bits per heavy atom. The van der Waals surface area contributed by atoms with Gasteiger partial charge in [-0.25, -0.2) is 0 Å². The molecule has 3 N–H and O–H groups in total. The van der Waals surface area contributed by atoms with E-state index in [1.54, 1.807) is 0 Å². The van der Waals surface area contributed by atoms with Crippen molar-refractivity contribution in [2.24, 2.45) is 46.3 Å². The Hall–Kier alpha value is -0.940. The minimum Gasteiger partial charge on any atom is -0.481 e. The first kappa shape index (κ1) is 21.3. The summed E-state index contributed by atoms with van der Waals surface area (Å²) in [7, 11) is 0. The van der Waals surface area contributed by atoms with Crippen LogP contribution in [0.3, 0.4) is 0 Å². The smallest absolute Gasteiger partial charge is 0.303 e. The summed E-state index contributed by atoms with van der Waals surface area (Å²) in [6, 6.07) is 0. The zero-order valence-corrected chi connectivity index (χ0v) is 18.1. The number of hydrogen-bond donors (Lipinski definition) is 3. The molecule has 4 unspecified atom stereocenters. The molecule has 0 aromatic heterocycles. The van der Waals surface area contributed by atoms with E-state index >= 15 is 0 Å². The molecule has 4 rings (SSSR count). The summed E-state index contributed by atoms with van der Waals surface area (Å²) in [6.45, 7) is 6.62. The highest BCUT2D eigenvalue weighted by molar-refractivity contribution is 5.83. The minimum absolute atomic E-state index is 0.0246. The van der Waals surface area contributed by atoms with Gasteiger partial charge in [-0.2, -0.15) is 0 Å². The molecule has 0 bridgehead atoms. The summed E-state index contributed by atoms with van der Waals surface area (Å²) in [5, 5.41) is 30.7. The molecule has 4 aliphatic rings. The molecule has 0 aromatic carbocycles. The first-order chi connectivity index (χ1) is 13.6. The van der Waals surface area contributed by atoms with E-state index in [1.807, 2.05) is 0 Å². The second-order valence-corrected chi connectivity index (χ2v) is 11.3. The predicted molar refractivity (Wildman–Crippen MR) is 109 cm³/mol. The lowest BCUT2D eigenvalue weighted by atomic mass is 9.43. The average molecular weight is 407 g/mol. The van der Waals surface area contributed by atoms with E-state index in [2.05, 4.69) is 20.8 Å². The van der Waals surface area contributed by atoms with Gasteiger partial charge < -0.3 is 15.3 Å². The molecule has 4 fully saturated rings. The fraction of sp³-hybridized carbons (Fsp3) is 0.917. The number of carbonyl (C=O) groups excluding carboxylic acids is 1. The maximum Gasteiger partial charge on any atom is 0.303 e. The monoisotopic (exact) mass is 406 g/mol. The summed E-state index contributed by atoms with van der Waals surface area (Å²) in [5.74, 6) is 0.775. The fourth-order valence-corrected chi connectivity index (χ4v) is 8.40. The molecule has 0 saturated heterocycles. The Morgan fingerprint density at radius 1 is 1.14 bits per heavy atom. The number of carboxylic acids is 1. The Bertz CT molecular complexity index is 676. The Morgan fingerprint density at radius 2 is 1.86 bits per heavy atom. The van der Waals surface area contributed by atoms with Crippen LogP contribution < -0.4 is 0 Å². The molecule has 5 nitrogen and oxygen atoms in total. The molecular formula is C24H38O5. The molecule has 0 aromatic rings. The number of aliphatic carboxylic acids is 1. The lowest BCUT2D eigenvalue weighted by Gasteiger charge is -2.61. The van der Waals surface area contributed by atoms with Crippen LogP contribution in [0.1, 0.15) is 78.6 Å². The standard InChI is InChI=1S/C24H38O5/c1-13(4-7-21(28)29)16-5-6-17-22-18(12-20(27)24(16,17)3)23(2)9-8-15(25)10-14(23)11-19(22)26/h13-18,20,22,25,27H,4-12H2,1-3H3,(H,28,29)/t13-,14?,15?,16-,17+,18?,20?,22+,23+,24-/m1/s1. The summed E-state index contributed by atoms with van der Waals surface area (Å²) >= 11 is 0.